The molecule has 7 heteroatoms. The number of piperazine rings is 1. The molecular formula is C17H24N4OS2. The number of aromatic nitrogens is 2. The van der Waals surface area contributed by atoms with Gasteiger partial charge in [-0.1, -0.05) is 17.8 Å². The fourth-order valence-electron chi connectivity index (χ4n) is 3.12. The number of thiophene rings is 1. The van der Waals surface area contributed by atoms with Crippen LogP contribution >= 0.6 is 23.1 Å². The average molecular weight is 365 g/mol. The van der Waals surface area contributed by atoms with Gasteiger partial charge < -0.3 is 5.11 Å². The van der Waals surface area contributed by atoms with Crippen molar-refractivity contribution in [2.24, 2.45) is 0 Å². The van der Waals surface area contributed by atoms with Crippen LogP contribution in [0.5, 0.6) is 0 Å². The van der Waals surface area contributed by atoms with Crippen molar-refractivity contribution < 1.29 is 5.11 Å². The fourth-order valence-corrected chi connectivity index (χ4v) is 4.17. The van der Waals surface area contributed by atoms with E-state index in [1.54, 1.807) is 11.8 Å². The molecule has 1 aliphatic rings. The van der Waals surface area contributed by atoms with Gasteiger partial charge in [0.25, 0.3) is 0 Å². The number of nitrogens with zero attached hydrogens (tertiary/aromatic N) is 4. The number of hydrogen-bond donors (Lipinski definition) is 1. The molecule has 1 unspecified atom stereocenters. The Bertz CT molecular complexity index is 606. The maximum Gasteiger partial charge on any atom is 0.187 e. The summed E-state index contributed by atoms with van der Waals surface area (Å²) >= 11 is 3.37. The number of rotatable bonds is 7. The predicted molar refractivity (Wildman–Crippen MR) is 99.3 cm³/mol. The van der Waals surface area contributed by atoms with E-state index in [-0.39, 0.29) is 6.61 Å². The van der Waals surface area contributed by atoms with Gasteiger partial charge in [-0.15, -0.1) is 11.3 Å². The lowest BCUT2D eigenvalue weighted by Gasteiger charge is -2.41. The number of thioether (sulfide) groups is 1. The minimum Gasteiger partial charge on any atom is -0.396 e. The van der Waals surface area contributed by atoms with Crippen molar-refractivity contribution in [3.05, 3.63) is 40.3 Å². The van der Waals surface area contributed by atoms with Gasteiger partial charge in [0.15, 0.2) is 5.16 Å². The van der Waals surface area contributed by atoms with Crippen molar-refractivity contribution >= 4 is 23.1 Å². The lowest BCUT2D eigenvalue weighted by Crippen LogP contribution is -2.52. The van der Waals surface area contributed by atoms with E-state index in [4.69, 9.17) is 0 Å². The summed E-state index contributed by atoms with van der Waals surface area (Å²) in [6.45, 7) is 5.16. The minimum absolute atomic E-state index is 0.241. The lowest BCUT2D eigenvalue weighted by molar-refractivity contribution is 0.0505. The third-order valence-corrected chi connectivity index (χ3v) is 5.80. The van der Waals surface area contributed by atoms with Gasteiger partial charge in [-0.05, 0) is 24.1 Å². The highest BCUT2D eigenvalue weighted by atomic mass is 32.2. The summed E-state index contributed by atoms with van der Waals surface area (Å²) in [6, 6.07) is 4.70. The normalized spacial score (nSPS) is 19.7. The average Bonchev–Trinajstić information content (AvgIpc) is 3.11. The monoisotopic (exact) mass is 364 g/mol. The molecule has 2 aromatic rings. The van der Waals surface area contributed by atoms with E-state index < -0.39 is 0 Å². The predicted octanol–water partition coefficient (Wildman–Crippen LogP) is 2.33. The highest BCUT2D eigenvalue weighted by Gasteiger charge is 2.26. The Morgan fingerprint density at radius 1 is 1.29 bits per heavy atom. The molecule has 1 N–H and O–H groups in total. The summed E-state index contributed by atoms with van der Waals surface area (Å²) in [7, 11) is 0. The number of aliphatic hydroxyl groups excluding tert-OH is 1. The molecule has 5 nitrogen and oxygen atoms in total. The molecule has 1 aliphatic heterocycles. The Morgan fingerprint density at radius 2 is 2.12 bits per heavy atom. The number of aliphatic hydroxyl groups is 1. The molecule has 2 aromatic heterocycles. The number of hydrogen-bond acceptors (Lipinski definition) is 7. The molecule has 1 atom stereocenters. The Labute approximate surface area is 151 Å². The molecule has 24 heavy (non-hydrogen) atoms. The second kappa shape index (κ2) is 8.92. The second-order valence-electron chi connectivity index (χ2n) is 6.03. The molecule has 0 saturated carbocycles. The highest BCUT2D eigenvalue weighted by Crippen LogP contribution is 2.20. The van der Waals surface area contributed by atoms with Crippen molar-refractivity contribution in [1.82, 2.24) is 19.8 Å². The lowest BCUT2D eigenvalue weighted by atomic mass is 10.1. The van der Waals surface area contributed by atoms with E-state index in [9.17, 15) is 5.11 Å². The van der Waals surface area contributed by atoms with Crippen LogP contribution in [0.4, 0.5) is 0 Å². The molecule has 0 spiro atoms. The van der Waals surface area contributed by atoms with Gasteiger partial charge in [-0.3, -0.25) is 9.80 Å². The quantitative estimate of drug-likeness (QED) is 0.601. The van der Waals surface area contributed by atoms with Crippen molar-refractivity contribution in [3.63, 3.8) is 0 Å². The minimum atomic E-state index is 0.241. The smallest absolute Gasteiger partial charge is 0.187 e. The summed E-state index contributed by atoms with van der Waals surface area (Å²) in [5.74, 6) is 0. The van der Waals surface area contributed by atoms with Gasteiger partial charge in [0.05, 0.1) is 0 Å². The van der Waals surface area contributed by atoms with Crippen LogP contribution in [0, 0.1) is 0 Å². The van der Waals surface area contributed by atoms with Crippen LogP contribution in [-0.4, -0.2) is 63.4 Å². The molecular weight excluding hydrogens is 340 g/mol. The maximum atomic E-state index is 9.43. The largest absolute Gasteiger partial charge is 0.396 e. The SMILES string of the molecule is CSc1ncc(CN2CCN(Cc3cccs3)C(CCO)C2)cn1. The second-order valence-corrected chi connectivity index (χ2v) is 7.83. The van der Waals surface area contributed by atoms with Crippen LogP contribution in [0.3, 0.4) is 0 Å². The summed E-state index contributed by atoms with van der Waals surface area (Å²) in [5, 5.41) is 12.4. The van der Waals surface area contributed by atoms with Crippen molar-refractivity contribution in [3.8, 4) is 0 Å². The summed E-state index contributed by atoms with van der Waals surface area (Å²) in [5.41, 5.74) is 1.15. The third-order valence-electron chi connectivity index (χ3n) is 4.36. The Kier molecular flexibility index (Phi) is 6.62. The van der Waals surface area contributed by atoms with Gasteiger partial charge in [0, 0.05) is 68.2 Å². The summed E-state index contributed by atoms with van der Waals surface area (Å²) in [6.07, 6.45) is 6.67. The first kappa shape index (κ1) is 17.8. The van der Waals surface area contributed by atoms with Crippen LogP contribution in [-0.2, 0) is 13.1 Å². The van der Waals surface area contributed by atoms with E-state index in [1.165, 1.54) is 4.88 Å². The van der Waals surface area contributed by atoms with Crippen LogP contribution in [0.25, 0.3) is 0 Å². The molecule has 1 fully saturated rings. The maximum absolute atomic E-state index is 9.43. The van der Waals surface area contributed by atoms with Gasteiger partial charge in [-0.25, -0.2) is 9.97 Å². The highest BCUT2D eigenvalue weighted by molar-refractivity contribution is 7.98. The first-order chi connectivity index (χ1) is 11.8. The zero-order valence-electron chi connectivity index (χ0n) is 14.0. The third kappa shape index (κ3) is 4.77. The summed E-state index contributed by atoms with van der Waals surface area (Å²) < 4.78 is 0. The molecule has 130 valence electrons. The van der Waals surface area contributed by atoms with E-state index in [1.807, 2.05) is 30.0 Å². The molecule has 0 aromatic carbocycles. The zero-order chi connectivity index (χ0) is 16.8. The van der Waals surface area contributed by atoms with E-state index >= 15 is 0 Å². The van der Waals surface area contributed by atoms with Gasteiger partial charge >= 0.3 is 0 Å². The van der Waals surface area contributed by atoms with Crippen LogP contribution in [0.1, 0.15) is 16.9 Å². The van der Waals surface area contributed by atoms with E-state index in [0.29, 0.717) is 6.04 Å². The standard InChI is InChI=1S/C17H24N4OS2/c1-23-17-18-9-14(10-19-17)11-20-5-6-21(15(12-20)4-7-22)13-16-3-2-8-24-16/h2-3,8-10,15,22H,4-7,11-13H2,1H3. The van der Waals surface area contributed by atoms with E-state index in [2.05, 4.69) is 37.3 Å². The Hall–Kier alpha value is -0.990. The summed E-state index contributed by atoms with van der Waals surface area (Å²) in [4.78, 5) is 15.1. The zero-order valence-corrected chi connectivity index (χ0v) is 15.6. The van der Waals surface area contributed by atoms with Crippen molar-refractivity contribution in [2.75, 3.05) is 32.5 Å². The van der Waals surface area contributed by atoms with Crippen LogP contribution in [0.2, 0.25) is 0 Å². The Morgan fingerprint density at radius 3 is 2.79 bits per heavy atom. The van der Waals surface area contributed by atoms with Gasteiger partial charge in [-0.2, -0.15) is 0 Å². The first-order valence-electron chi connectivity index (χ1n) is 8.23. The fraction of sp³-hybridized carbons (Fsp3) is 0.529. The molecule has 0 bridgehead atoms. The van der Waals surface area contributed by atoms with Crippen molar-refractivity contribution in [2.45, 2.75) is 30.7 Å². The molecule has 3 rings (SSSR count). The van der Waals surface area contributed by atoms with Gasteiger partial charge in [0.1, 0.15) is 0 Å². The first-order valence-corrected chi connectivity index (χ1v) is 10.3. The molecule has 0 radical (unpaired) electrons. The molecule has 1 saturated heterocycles. The van der Waals surface area contributed by atoms with Crippen molar-refractivity contribution in [1.29, 1.82) is 0 Å². The molecule has 3 heterocycles. The Balaban J connectivity index is 1.59. The van der Waals surface area contributed by atoms with Crippen LogP contribution in [0.15, 0.2) is 35.1 Å². The van der Waals surface area contributed by atoms with Crippen LogP contribution < -0.4 is 0 Å². The molecule has 0 aliphatic carbocycles. The topological polar surface area (TPSA) is 52.5 Å². The van der Waals surface area contributed by atoms with E-state index in [0.717, 1.165) is 49.9 Å². The molecule has 0 amide bonds. The van der Waals surface area contributed by atoms with Gasteiger partial charge in [0.2, 0.25) is 0 Å².